The number of pyridine rings is 1. The van der Waals surface area contributed by atoms with Gasteiger partial charge in [-0.15, -0.1) is 0 Å². The van der Waals surface area contributed by atoms with Crippen LogP contribution in [0.5, 0.6) is 0 Å². The number of carbonyl (C=O) groups is 2. The summed E-state index contributed by atoms with van der Waals surface area (Å²) in [4.78, 5) is 35.0. The molecule has 0 radical (unpaired) electrons. The molecule has 3 amide bonds. The molecule has 0 bridgehead atoms. The summed E-state index contributed by atoms with van der Waals surface area (Å²) in [5.41, 5.74) is 0.672. The van der Waals surface area contributed by atoms with Gasteiger partial charge in [0.1, 0.15) is 5.82 Å². The molecule has 0 unspecified atom stereocenters. The zero-order chi connectivity index (χ0) is 16.9. The Kier molecular flexibility index (Phi) is 5.17. The van der Waals surface area contributed by atoms with Gasteiger partial charge >= 0.3 is 6.03 Å². The third kappa shape index (κ3) is 3.44. The SMILES string of the molecule is CCNC(=O)N1CCN(C(=O)c2cccnc2N2CCCC2)CC1. The van der Waals surface area contributed by atoms with Gasteiger partial charge in [0, 0.05) is 52.0 Å². The number of carbonyl (C=O) groups excluding carboxylic acids is 2. The topological polar surface area (TPSA) is 68.8 Å². The van der Waals surface area contributed by atoms with Gasteiger partial charge in [0.2, 0.25) is 0 Å². The lowest BCUT2D eigenvalue weighted by molar-refractivity contribution is 0.0665. The number of hydrogen-bond acceptors (Lipinski definition) is 4. The Balaban J connectivity index is 1.67. The summed E-state index contributed by atoms with van der Waals surface area (Å²) in [6, 6.07) is 3.63. The first-order valence-corrected chi connectivity index (χ1v) is 8.72. The maximum Gasteiger partial charge on any atom is 0.317 e. The summed E-state index contributed by atoms with van der Waals surface area (Å²) in [6.07, 6.45) is 4.04. The molecule has 130 valence electrons. The number of nitrogens with one attached hydrogen (secondary N) is 1. The Labute approximate surface area is 142 Å². The molecule has 0 atom stereocenters. The smallest absolute Gasteiger partial charge is 0.317 e. The Morgan fingerprint density at radius 2 is 1.75 bits per heavy atom. The van der Waals surface area contributed by atoms with E-state index in [1.807, 2.05) is 24.0 Å². The van der Waals surface area contributed by atoms with Crippen LogP contribution in [-0.2, 0) is 0 Å². The van der Waals surface area contributed by atoms with Crippen molar-refractivity contribution in [3.05, 3.63) is 23.9 Å². The third-order valence-electron chi connectivity index (χ3n) is 4.60. The first-order valence-electron chi connectivity index (χ1n) is 8.72. The van der Waals surface area contributed by atoms with E-state index in [9.17, 15) is 9.59 Å². The largest absolute Gasteiger partial charge is 0.356 e. The minimum absolute atomic E-state index is 0.0144. The van der Waals surface area contributed by atoms with Gasteiger partial charge in [-0.3, -0.25) is 4.79 Å². The normalized spacial score (nSPS) is 18.0. The standard InChI is InChI=1S/C17H25N5O2/c1-2-18-17(24)22-12-10-21(11-13-22)16(23)14-6-5-7-19-15(14)20-8-3-4-9-20/h5-7H,2-4,8-13H2,1H3,(H,18,24). The van der Waals surface area contributed by atoms with Crippen LogP contribution in [0.25, 0.3) is 0 Å². The van der Waals surface area contributed by atoms with E-state index < -0.39 is 0 Å². The second-order valence-electron chi connectivity index (χ2n) is 6.18. The lowest BCUT2D eigenvalue weighted by atomic mass is 10.2. The van der Waals surface area contributed by atoms with Gasteiger partial charge < -0.3 is 20.0 Å². The van der Waals surface area contributed by atoms with Gasteiger partial charge in [-0.1, -0.05) is 0 Å². The molecule has 1 N–H and O–H groups in total. The van der Waals surface area contributed by atoms with Crippen molar-refractivity contribution in [2.45, 2.75) is 19.8 Å². The minimum atomic E-state index is -0.0521. The first-order chi connectivity index (χ1) is 11.7. The summed E-state index contributed by atoms with van der Waals surface area (Å²) in [6.45, 7) is 6.69. The van der Waals surface area contributed by atoms with Crippen LogP contribution >= 0.6 is 0 Å². The van der Waals surface area contributed by atoms with Gasteiger partial charge in [0.05, 0.1) is 5.56 Å². The molecule has 2 saturated heterocycles. The van der Waals surface area contributed by atoms with Gasteiger partial charge in [0.25, 0.3) is 5.91 Å². The molecule has 2 aliphatic heterocycles. The number of anilines is 1. The van der Waals surface area contributed by atoms with Crippen molar-refractivity contribution in [3.8, 4) is 0 Å². The highest BCUT2D eigenvalue weighted by Gasteiger charge is 2.28. The van der Waals surface area contributed by atoms with Crippen LogP contribution in [-0.4, -0.2) is 72.5 Å². The quantitative estimate of drug-likeness (QED) is 0.903. The van der Waals surface area contributed by atoms with Crippen molar-refractivity contribution < 1.29 is 9.59 Å². The first kappa shape index (κ1) is 16.5. The molecule has 3 heterocycles. The highest BCUT2D eigenvalue weighted by molar-refractivity contribution is 5.99. The average molecular weight is 331 g/mol. The fourth-order valence-electron chi connectivity index (χ4n) is 3.29. The molecule has 2 fully saturated rings. The number of urea groups is 1. The molecule has 2 aliphatic rings. The number of aromatic nitrogens is 1. The van der Waals surface area contributed by atoms with Gasteiger partial charge in [-0.05, 0) is 31.9 Å². The number of hydrogen-bond donors (Lipinski definition) is 1. The van der Waals surface area contributed by atoms with Crippen LogP contribution in [0.15, 0.2) is 18.3 Å². The Morgan fingerprint density at radius 1 is 1.08 bits per heavy atom. The molecule has 0 aromatic carbocycles. The second kappa shape index (κ2) is 7.51. The molecule has 0 spiro atoms. The van der Waals surface area contributed by atoms with Crippen LogP contribution < -0.4 is 10.2 Å². The molecule has 0 aliphatic carbocycles. The van der Waals surface area contributed by atoms with Crippen molar-refractivity contribution in [3.63, 3.8) is 0 Å². The Bertz CT molecular complexity index is 592. The highest BCUT2D eigenvalue weighted by atomic mass is 16.2. The van der Waals surface area contributed by atoms with Crippen LogP contribution in [0.4, 0.5) is 10.6 Å². The van der Waals surface area contributed by atoms with Crippen molar-refractivity contribution in [1.29, 1.82) is 0 Å². The predicted molar refractivity (Wildman–Crippen MR) is 92.2 cm³/mol. The molecular formula is C17H25N5O2. The van der Waals surface area contributed by atoms with E-state index in [4.69, 9.17) is 0 Å². The molecule has 0 saturated carbocycles. The number of rotatable bonds is 3. The molecule has 1 aromatic heterocycles. The molecule has 7 nitrogen and oxygen atoms in total. The zero-order valence-electron chi connectivity index (χ0n) is 14.2. The fourth-order valence-corrected chi connectivity index (χ4v) is 3.29. The third-order valence-corrected chi connectivity index (χ3v) is 4.60. The molecule has 24 heavy (non-hydrogen) atoms. The second-order valence-corrected chi connectivity index (χ2v) is 6.18. The van der Waals surface area contributed by atoms with E-state index in [0.717, 1.165) is 31.7 Å². The summed E-state index contributed by atoms with van der Waals surface area (Å²) in [5, 5.41) is 2.80. The van der Waals surface area contributed by atoms with E-state index in [1.54, 1.807) is 11.1 Å². The van der Waals surface area contributed by atoms with Crippen molar-refractivity contribution in [2.75, 3.05) is 50.7 Å². The van der Waals surface area contributed by atoms with Crippen molar-refractivity contribution >= 4 is 17.8 Å². The average Bonchev–Trinajstić information content (AvgIpc) is 3.16. The van der Waals surface area contributed by atoms with Gasteiger partial charge in [0.15, 0.2) is 0 Å². The van der Waals surface area contributed by atoms with Gasteiger partial charge in [-0.25, -0.2) is 9.78 Å². The fraction of sp³-hybridized carbons (Fsp3) is 0.588. The van der Waals surface area contributed by atoms with Crippen molar-refractivity contribution in [1.82, 2.24) is 20.1 Å². The van der Waals surface area contributed by atoms with E-state index in [1.165, 1.54) is 0 Å². The maximum absolute atomic E-state index is 12.9. The number of amides is 3. The van der Waals surface area contributed by atoms with E-state index in [2.05, 4.69) is 15.2 Å². The Morgan fingerprint density at radius 3 is 2.42 bits per heavy atom. The summed E-state index contributed by atoms with van der Waals surface area (Å²) in [7, 11) is 0. The molecule has 1 aromatic rings. The van der Waals surface area contributed by atoms with E-state index in [0.29, 0.717) is 38.3 Å². The van der Waals surface area contributed by atoms with Crippen LogP contribution in [0.2, 0.25) is 0 Å². The summed E-state index contributed by atoms with van der Waals surface area (Å²) < 4.78 is 0. The molecule has 7 heteroatoms. The highest BCUT2D eigenvalue weighted by Crippen LogP contribution is 2.23. The molecule has 3 rings (SSSR count). The number of nitrogens with zero attached hydrogens (tertiary/aromatic N) is 4. The van der Waals surface area contributed by atoms with Crippen LogP contribution in [0.1, 0.15) is 30.1 Å². The molecular weight excluding hydrogens is 306 g/mol. The van der Waals surface area contributed by atoms with Crippen LogP contribution in [0.3, 0.4) is 0 Å². The summed E-state index contributed by atoms with van der Waals surface area (Å²) >= 11 is 0. The van der Waals surface area contributed by atoms with Gasteiger partial charge in [-0.2, -0.15) is 0 Å². The van der Waals surface area contributed by atoms with Crippen molar-refractivity contribution in [2.24, 2.45) is 0 Å². The predicted octanol–water partition coefficient (Wildman–Crippen LogP) is 1.17. The Hall–Kier alpha value is -2.31. The minimum Gasteiger partial charge on any atom is -0.356 e. The van der Waals surface area contributed by atoms with E-state index >= 15 is 0 Å². The number of piperazine rings is 1. The van der Waals surface area contributed by atoms with Crippen LogP contribution in [0, 0.1) is 0 Å². The maximum atomic E-state index is 12.9. The van der Waals surface area contributed by atoms with E-state index in [-0.39, 0.29) is 11.9 Å². The lowest BCUT2D eigenvalue weighted by Gasteiger charge is -2.35. The zero-order valence-corrected chi connectivity index (χ0v) is 14.2. The summed E-state index contributed by atoms with van der Waals surface area (Å²) in [5.74, 6) is 0.812. The monoisotopic (exact) mass is 331 g/mol. The lowest BCUT2D eigenvalue weighted by Crippen LogP contribution is -2.53.